The van der Waals surface area contributed by atoms with Crippen molar-refractivity contribution >= 4 is 0 Å². The molecule has 0 bridgehead atoms. The van der Waals surface area contributed by atoms with E-state index in [0.29, 0.717) is 17.3 Å². The molecule has 0 radical (unpaired) electrons. The molecule has 2 aromatic carbocycles. The monoisotopic (exact) mass is 278 g/mol. The maximum absolute atomic E-state index is 13.0. The first-order chi connectivity index (χ1) is 10.2. The van der Waals surface area contributed by atoms with E-state index in [1.54, 1.807) is 19.1 Å². The number of hydrogen-bond donors (Lipinski definition) is 0. The van der Waals surface area contributed by atoms with Crippen LogP contribution in [0.1, 0.15) is 17.0 Å². The fourth-order valence-electron chi connectivity index (χ4n) is 1.83. The number of aromatic nitrogens is 2. The Bertz CT molecular complexity index is 826. The lowest BCUT2D eigenvalue weighted by Gasteiger charge is -1.94. The van der Waals surface area contributed by atoms with Crippen LogP contribution in [-0.4, -0.2) is 10.1 Å². The first kappa shape index (κ1) is 13.1. The zero-order valence-electron chi connectivity index (χ0n) is 11.3. The Morgan fingerprint density at radius 3 is 2.43 bits per heavy atom. The molecule has 102 valence electrons. The minimum atomic E-state index is -0.287. The molecule has 0 saturated heterocycles. The summed E-state index contributed by atoms with van der Waals surface area (Å²) in [6.45, 7) is 1.75. The molecular formula is C17H11FN2O. The molecule has 3 aromatic rings. The summed E-state index contributed by atoms with van der Waals surface area (Å²) < 4.78 is 18.0. The highest BCUT2D eigenvalue weighted by Gasteiger charge is 2.04. The first-order valence-corrected chi connectivity index (χ1v) is 6.39. The molecule has 0 saturated carbocycles. The lowest BCUT2D eigenvalue weighted by Crippen LogP contribution is -1.82. The van der Waals surface area contributed by atoms with Gasteiger partial charge in [-0.2, -0.15) is 4.98 Å². The molecule has 0 aliphatic heterocycles. The predicted octanol–water partition coefficient (Wildman–Crippen LogP) is 3.58. The van der Waals surface area contributed by atoms with Gasteiger partial charge in [0.2, 0.25) is 11.7 Å². The van der Waals surface area contributed by atoms with Gasteiger partial charge in [-0.05, 0) is 42.5 Å². The highest BCUT2D eigenvalue weighted by atomic mass is 19.1. The largest absolute Gasteiger partial charge is 0.339 e. The van der Waals surface area contributed by atoms with Crippen molar-refractivity contribution in [2.24, 2.45) is 0 Å². The van der Waals surface area contributed by atoms with Crippen molar-refractivity contribution in [1.29, 1.82) is 0 Å². The molecule has 21 heavy (non-hydrogen) atoms. The summed E-state index contributed by atoms with van der Waals surface area (Å²) in [5.74, 6) is 6.71. The van der Waals surface area contributed by atoms with Crippen LogP contribution in [0.25, 0.3) is 11.4 Å². The minimum absolute atomic E-state index is 0.287. The van der Waals surface area contributed by atoms with Gasteiger partial charge in [0.15, 0.2) is 0 Å². The maximum Gasteiger partial charge on any atom is 0.223 e. The van der Waals surface area contributed by atoms with E-state index in [9.17, 15) is 4.39 Å². The zero-order valence-corrected chi connectivity index (χ0v) is 11.3. The summed E-state index contributed by atoms with van der Waals surface area (Å²) in [4.78, 5) is 4.16. The summed E-state index contributed by atoms with van der Waals surface area (Å²) in [6, 6.07) is 13.7. The number of benzene rings is 2. The van der Waals surface area contributed by atoms with Gasteiger partial charge in [0.25, 0.3) is 0 Å². The number of halogens is 1. The summed E-state index contributed by atoms with van der Waals surface area (Å²) >= 11 is 0. The number of rotatable bonds is 1. The lowest BCUT2D eigenvalue weighted by atomic mass is 10.1. The smallest absolute Gasteiger partial charge is 0.223 e. The molecule has 3 rings (SSSR count). The van der Waals surface area contributed by atoms with Crippen LogP contribution < -0.4 is 0 Å². The molecule has 0 aliphatic rings. The fourth-order valence-corrected chi connectivity index (χ4v) is 1.83. The molecule has 1 aromatic heterocycles. The molecule has 0 unspecified atom stereocenters. The quantitative estimate of drug-likeness (QED) is 0.639. The standard InChI is InChI=1S/C17H11FN2O/c1-12-19-17(20-21-12)15-9-7-13(8-10-15)5-6-14-3-2-4-16(18)11-14/h2-4,7-11H,1H3. The molecule has 3 nitrogen and oxygen atoms in total. The number of nitrogens with zero attached hydrogens (tertiary/aromatic N) is 2. The van der Waals surface area contributed by atoms with E-state index >= 15 is 0 Å². The van der Waals surface area contributed by atoms with Gasteiger partial charge in [-0.1, -0.05) is 23.1 Å². The first-order valence-electron chi connectivity index (χ1n) is 6.39. The van der Waals surface area contributed by atoms with Crippen molar-refractivity contribution in [2.45, 2.75) is 6.92 Å². The molecule has 0 amide bonds. The summed E-state index contributed by atoms with van der Waals surface area (Å²) in [5, 5.41) is 3.86. The van der Waals surface area contributed by atoms with Gasteiger partial charge < -0.3 is 4.52 Å². The van der Waals surface area contributed by atoms with E-state index in [-0.39, 0.29) is 5.82 Å². The van der Waals surface area contributed by atoms with Crippen LogP contribution in [0.4, 0.5) is 4.39 Å². The second-order valence-corrected chi connectivity index (χ2v) is 4.47. The molecule has 1 heterocycles. The average molecular weight is 278 g/mol. The maximum atomic E-state index is 13.0. The topological polar surface area (TPSA) is 38.9 Å². The Morgan fingerprint density at radius 1 is 1.00 bits per heavy atom. The SMILES string of the molecule is Cc1nc(-c2ccc(C#Cc3cccc(F)c3)cc2)no1. The van der Waals surface area contributed by atoms with E-state index in [1.165, 1.54) is 12.1 Å². The van der Waals surface area contributed by atoms with E-state index < -0.39 is 0 Å². The number of hydrogen-bond acceptors (Lipinski definition) is 3. The summed E-state index contributed by atoms with van der Waals surface area (Å²) in [6.07, 6.45) is 0. The van der Waals surface area contributed by atoms with Crippen molar-refractivity contribution in [3.63, 3.8) is 0 Å². The Balaban J connectivity index is 1.82. The van der Waals surface area contributed by atoms with Crippen molar-refractivity contribution in [3.8, 4) is 23.2 Å². The Hall–Kier alpha value is -2.93. The molecule has 4 heteroatoms. The van der Waals surface area contributed by atoms with Crippen molar-refractivity contribution in [2.75, 3.05) is 0 Å². The van der Waals surface area contributed by atoms with Gasteiger partial charge in [0.05, 0.1) is 0 Å². The normalized spacial score (nSPS) is 10.0. The van der Waals surface area contributed by atoms with Gasteiger partial charge >= 0.3 is 0 Å². The molecule has 0 atom stereocenters. The third kappa shape index (κ3) is 3.15. The summed E-state index contributed by atoms with van der Waals surface area (Å²) in [7, 11) is 0. The Kier molecular flexibility index (Phi) is 3.48. The van der Waals surface area contributed by atoms with Gasteiger partial charge in [0, 0.05) is 23.6 Å². The fraction of sp³-hybridized carbons (Fsp3) is 0.0588. The number of aryl methyl sites for hydroxylation is 1. The van der Waals surface area contributed by atoms with E-state index in [2.05, 4.69) is 22.0 Å². The third-order valence-corrected chi connectivity index (χ3v) is 2.85. The van der Waals surface area contributed by atoms with Crippen LogP contribution >= 0.6 is 0 Å². The second kappa shape index (κ2) is 5.59. The highest BCUT2D eigenvalue weighted by molar-refractivity contribution is 5.56. The van der Waals surface area contributed by atoms with E-state index in [1.807, 2.05) is 24.3 Å². The van der Waals surface area contributed by atoms with Gasteiger partial charge in [-0.15, -0.1) is 0 Å². The molecule has 0 aliphatic carbocycles. The van der Waals surface area contributed by atoms with Gasteiger partial charge in [0.1, 0.15) is 5.82 Å². The molecule has 0 N–H and O–H groups in total. The third-order valence-electron chi connectivity index (χ3n) is 2.85. The summed E-state index contributed by atoms with van der Waals surface area (Å²) in [5.41, 5.74) is 2.35. The predicted molar refractivity (Wildman–Crippen MR) is 76.9 cm³/mol. The van der Waals surface area contributed by atoms with Crippen LogP contribution in [0.3, 0.4) is 0 Å². The van der Waals surface area contributed by atoms with Crippen molar-refractivity contribution in [1.82, 2.24) is 10.1 Å². The Labute approximate surface area is 121 Å². The van der Waals surface area contributed by atoms with Crippen LogP contribution in [0.2, 0.25) is 0 Å². The average Bonchev–Trinajstić information content (AvgIpc) is 2.92. The van der Waals surface area contributed by atoms with Crippen molar-refractivity contribution < 1.29 is 8.91 Å². The van der Waals surface area contributed by atoms with Crippen LogP contribution in [0.15, 0.2) is 53.1 Å². The minimum Gasteiger partial charge on any atom is -0.339 e. The molecule has 0 fully saturated rings. The molecular weight excluding hydrogens is 267 g/mol. The van der Waals surface area contributed by atoms with Crippen LogP contribution in [0.5, 0.6) is 0 Å². The lowest BCUT2D eigenvalue weighted by molar-refractivity contribution is 0.394. The Morgan fingerprint density at radius 2 is 1.76 bits per heavy atom. The zero-order chi connectivity index (χ0) is 14.7. The second-order valence-electron chi connectivity index (χ2n) is 4.47. The van der Waals surface area contributed by atoms with Crippen LogP contribution in [-0.2, 0) is 0 Å². The van der Waals surface area contributed by atoms with Gasteiger partial charge in [-0.3, -0.25) is 0 Å². The van der Waals surface area contributed by atoms with Crippen LogP contribution in [0, 0.1) is 24.6 Å². The van der Waals surface area contributed by atoms with E-state index in [0.717, 1.165) is 11.1 Å². The van der Waals surface area contributed by atoms with Crippen molar-refractivity contribution in [3.05, 3.63) is 71.4 Å². The molecule has 0 spiro atoms. The highest BCUT2D eigenvalue weighted by Crippen LogP contribution is 2.16. The van der Waals surface area contributed by atoms with Gasteiger partial charge in [-0.25, -0.2) is 4.39 Å². The van der Waals surface area contributed by atoms with E-state index in [4.69, 9.17) is 4.52 Å².